The van der Waals surface area contributed by atoms with Crippen LogP contribution in [0.5, 0.6) is 0 Å². The van der Waals surface area contributed by atoms with Crippen molar-refractivity contribution >= 4 is 35.3 Å². The molecular formula is C12H15BrOSe. The summed E-state index contributed by atoms with van der Waals surface area (Å²) in [7, 11) is 0. The van der Waals surface area contributed by atoms with E-state index in [1.54, 1.807) is 0 Å². The van der Waals surface area contributed by atoms with Crippen LogP contribution in [0, 0.1) is 0 Å². The van der Waals surface area contributed by atoms with E-state index in [0.717, 1.165) is 10.9 Å². The summed E-state index contributed by atoms with van der Waals surface area (Å²) in [5.41, 5.74) is 0. The van der Waals surface area contributed by atoms with Crippen LogP contribution in [0.3, 0.4) is 0 Å². The number of hydrogen-bond donors (Lipinski definition) is 1. The van der Waals surface area contributed by atoms with Crippen molar-refractivity contribution in [3.8, 4) is 0 Å². The molecule has 1 nitrogen and oxygen atoms in total. The zero-order valence-corrected chi connectivity index (χ0v) is 11.8. The molecule has 0 saturated heterocycles. The first-order chi connectivity index (χ1) is 7.25. The molecule has 15 heavy (non-hydrogen) atoms. The maximum atomic E-state index is 9.89. The number of halogens is 1. The number of benzene rings is 1. The molecule has 0 aromatic heterocycles. The maximum absolute atomic E-state index is 9.89. The zero-order valence-electron chi connectivity index (χ0n) is 8.53. The Hall–Kier alpha value is 0.179. The molecule has 2 atom stereocenters. The molecule has 2 rings (SSSR count). The molecule has 1 saturated carbocycles. The number of aliphatic hydroxyl groups is 1. The summed E-state index contributed by atoms with van der Waals surface area (Å²) in [6, 6.07) is 8.52. The third-order valence-electron chi connectivity index (χ3n) is 2.77. The molecule has 1 fully saturated rings. The SMILES string of the molecule is O[C@H]1CCCC[C@@H]1[Se]c1ccc(Br)cc1. The third-order valence-corrected chi connectivity index (χ3v) is 6.23. The fraction of sp³-hybridized carbons (Fsp3) is 0.500. The Labute approximate surface area is 106 Å². The van der Waals surface area contributed by atoms with Crippen LogP contribution in [-0.4, -0.2) is 26.2 Å². The minimum absolute atomic E-state index is 0.0533. The van der Waals surface area contributed by atoms with Crippen molar-refractivity contribution in [3.05, 3.63) is 28.7 Å². The molecule has 0 aliphatic heterocycles. The second kappa shape index (κ2) is 5.49. The van der Waals surface area contributed by atoms with E-state index in [2.05, 4.69) is 40.2 Å². The van der Waals surface area contributed by atoms with E-state index >= 15 is 0 Å². The van der Waals surface area contributed by atoms with Crippen molar-refractivity contribution < 1.29 is 5.11 Å². The van der Waals surface area contributed by atoms with Gasteiger partial charge in [0.15, 0.2) is 0 Å². The Morgan fingerprint density at radius 2 is 1.80 bits per heavy atom. The minimum atomic E-state index is -0.0533. The van der Waals surface area contributed by atoms with Gasteiger partial charge in [-0.3, -0.25) is 0 Å². The second-order valence-corrected chi connectivity index (χ2v) is 7.63. The fourth-order valence-electron chi connectivity index (χ4n) is 1.90. The van der Waals surface area contributed by atoms with Crippen LogP contribution in [0.4, 0.5) is 0 Å². The molecule has 3 heteroatoms. The zero-order chi connectivity index (χ0) is 10.7. The predicted octanol–water partition coefficient (Wildman–Crippen LogP) is 2.50. The van der Waals surface area contributed by atoms with E-state index in [4.69, 9.17) is 0 Å². The van der Waals surface area contributed by atoms with Gasteiger partial charge in [-0.05, 0) is 0 Å². The predicted molar refractivity (Wildman–Crippen MR) is 67.8 cm³/mol. The fourth-order valence-corrected chi connectivity index (χ4v) is 4.73. The van der Waals surface area contributed by atoms with E-state index < -0.39 is 0 Å². The van der Waals surface area contributed by atoms with Crippen molar-refractivity contribution in [3.63, 3.8) is 0 Å². The number of rotatable bonds is 2. The first-order valence-electron chi connectivity index (χ1n) is 5.36. The van der Waals surface area contributed by atoms with Gasteiger partial charge in [0.2, 0.25) is 0 Å². The molecule has 82 valence electrons. The monoisotopic (exact) mass is 334 g/mol. The Morgan fingerprint density at radius 3 is 2.47 bits per heavy atom. The van der Waals surface area contributed by atoms with Gasteiger partial charge in [0, 0.05) is 0 Å². The van der Waals surface area contributed by atoms with Crippen molar-refractivity contribution in [2.24, 2.45) is 0 Å². The summed E-state index contributed by atoms with van der Waals surface area (Å²) in [4.78, 5) is 0.535. The normalized spacial score (nSPS) is 26.5. The van der Waals surface area contributed by atoms with Crippen molar-refractivity contribution in [1.82, 2.24) is 0 Å². The molecule has 1 aliphatic carbocycles. The quantitative estimate of drug-likeness (QED) is 0.824. The van der Waals surface area contributed by atoms with Crippen molar-refractivity contribution in [2.45, 2.75) is 36.6 Å². The van der Waals surface area contributed by atoms with Gasteiger partial charge in [0.25, 0.3) is 0 Å². The van der Waals surface area contributed by atoms with E-state index in [1.807, 2.05) is 0 Å². The standard InChI is InChI=1S/C12H15BrOSe/c13-9-5-7-10(8-6-9)15-12-4-2-1-3-11(12)14/h5-8,11-12,14H,1-4H2/t11-,12-/m0/s1. The molecule has 1 aromatic carbocycles. The van der Waals surface area contributed by atoms with Gasteiger partial charge in [-0.1, -0.05) is 0 Å². The third kappa shape index (κ3) is 3.32. The summed E-state index contributed by atoms with van der Waals surface area (Å²) in [6.07, 6.45) is 4.65. The molecule has 1 aliphatic rings. The number of hydrogen-bond acceptors (Lipinski definition) is 1. The average molecular weight is 334 g/mol. The molecule has 0 unspecified atom stereocenters. The number of aliphatic hydroxyl groups excluding tert-OH is 1. The summed E-state index contributed by atoms with van der Waals surface area (Å²) in [5.74, 6) is 0. The molecule has 1 N–H and O–H groups in total. The molecule has 0 spiro atoms. The van der Waals surface area contributed by atoms with E-state index in [-0.39, 0.29) is 6.10 Å². The van der Waals surface area contributed by atoms with Crippen LogP contribution in [0.25, 0.3) is 0 Å². The first kappa shape index (κ1) is 11.7. The average Bonchev–Trinajstić information content (AvgIpc) is 2.25. The van der Waals surface area contributed by atoms with Gasteiger partial charge in [0.05, 0.1) is 0 Å². The topological polar surface area (TPSA) is 20.2 Å². The summed E-state index contributed by atoms with van der Waals surface area (Å²) in [5, 5.41) is 9.89. The Kier molecular flexibility index (Phi) is 4.27. The summed E-state index contributed by atoms with van der Waals surface area (Å²) < 4.78 is 2.53. The van der Waals surface area contributed by atoms with Gasteiger partial charge < -0.3 is 0 Å². The molecular weight excluding hydrogens is 319 g/mol. The Balaban J connectivity index is 1.98. The van der Waals surface area contributed by atoms with Gasteiger partial charge in [-0.25, -0.2) is 0 Å². The summed E-state index contributed by atoms with van der Waals surface area (Å²) in [6.45, 7) is 0. The molecule has 0 heterocycles. The second-order valence-electron chi connectivity index (χ2n) is 3.96. The van der Waals surface area contributed by atoms with Crippen LogP contribution in [0.2, 0.25) is 4.82 Å². The van der Waals surface area contributed by atoms with Crippen LogP contribution in [-0.2, 0) is 0 Å². The molecule has 0 amide bonds. The first-order valence-corrected chi connectivity index (χ1v) is 8.00. The van der Waals surface area contributed by atoms with Crippen molar-refractivity contribution in [2.75, 3.05) is 0 Å². The van der Waals surface area contributed by atoms with Crippen molar-refractivity contribution in [1.29, 1.82) is 0 Å². The Morgan fingerprint density at radius 1 is 1.13 bits per heavy atom. The van der Waals surface area contributed by atoms with E-state index in [1.165, 1.54) is 23.7 Å². The van der Waals surface area contributed by atoms with Crippen LogP contribution in [0.1, 0.15) is 25.7 Å². The van der Waals surface area contributed by atoms with Gasteiger partial charge in [-0.15, -0.1) is 0 Å². The van der Waals surface area contributed by atoms with Crippen LogP contribution >= 0.6 is 15.9 Å². The van der Waals surface area contributed by atoms with E-state index in [0.29, 0.717) is 19.8 Å². The van der Waals surface area contributed by atoms with Crippen LogP contribution < -0.4 is 4.46 Å². The Bertz CT molecular complexity index is 312. The summed E-state index contributed by atoms with van der Waals surface area (Å²) >= 11 is 3.87. The molecule has 0 bridgehead atoms. The molecule has 0 radical (unpaired) electrons. The van der Waals surface area contributed by atoms with Gasteiger partial charge in [-0.2, -0.15) is 0 Å². The van der Waals surface area contributed by atoms with Crippen LogP contribution in [0.15, 0.2) is 28.7 Å². The van der Waals surface area contributed by atoms with E-state index in [9.17, 15) is 5.11 Å². The van der Waals surface area contributed by atoms with Gasteiger partial charge >= 0.3 is 106 Å². The van der Waals surface area contributed by atoms with Gasteiger partial charge in [0.1, 0.15) is 0 Å². The molecule has 1 aromatic rings.